The number of nitrogens with one attached hydrogen (secondary N) is 1. The third-order valence-corrected chi connectivity index (χ3v) is 6.48. The van der Waals surface area contributed by atoms with Crippen molar-refractivity contribution in [1.82, 2.24) is 9.62 Å². The van der Waals surface area contributed by atoms with Crippen LogP contribution in [0.15, 0.2) is 16.3 Å². The SMILES string of the molecule is CN(C1CC1)S(=O)(=O)c1csc(CNC2CC2)c1. The third kappa shape index (κ3) is 2.61. The number of nitrogens with zero attached hydrogens (tertiary/aromatic N) is 1. The molecule has 1 heterocycles. The summed E-state index contributed by atoms with van der Waals surface area (Å²) in [6.07, 6.45) is 4.49. The Morgan fingerprint density at radius 1 is 1.39 bits per heavy atom. The van der Waals surface area contributed by atoms with E-state index in [4.69, 9.17) is 0 Å². The molecule has 0 radical (unpaired) electrons. The van der Waals surface area contributed by atoms with E-state index in [0.717, 1.165) is 24.3 Å². The molecular formula is C12H18N2O2S2. The van der Waals surface area contributed by atoms with E-state index in [2.05, 4.69) is 5.32 Å². The van der Waals surface area contributed by atoms with Crippen LogP contribution >= 0.6 is 11.3 Å². The smallest absolute Gasteiger partial charge is 0.243 e. The van der Waals surface area contributed by atoms with Crippen molar-refractivity contribution in [3.63, 3.8) is 0 Å². The second-order valence-electron chi connectivity index (χ2n) is 5.16. The highest BCUT2D eigenvalue weighted by Crippen LogP contribution is 2.32. The van der Waals surface area contributed by atoms with Gasteiger partial charge in [0.1, 0.15) is 0 Å². The fourth-order valence-corrected chi connectivity index (χ4v) is 4.55. The summed E-state index contributed by atoms with van der Waals surface area (Å²) < 4.78 is 26.1. The average molecular weight is 286 g/mol. The zero-order chi connectivity index (χ0) is 12.8. The Morgan fingerprint density at radius 2 is 2.11 bits per heavy atom. The molecular weight excluding hydrogens is 268 g/mol. The quantitative estimate of drug-likeness (QED) is 0.867. The summed E-state index contributed by atoms with van der Waals surface area (Å²) in [6.45, 7) is 0.790. The minimum absolute atomic E-state index is 0.225. The van der Waals surface area contributed by atoms with Crippen molar-refractivity contribution >= 4 is 21.4 Å². The van der Waals surface area contributed by atoms with Crippen molar-refractivity contribution in [3.8, 4) is 0 Å². The lowest BCUT2D eigenvalue weighted by atomic mass is 10.4. The molecule has 0 atom stereocenters. The lowest BCUT2D eigenvalue weighted by molar-refractivity contribution is 0.464. The zero-order valence-corrected chi connectivity index (χ0v) is 12.1. The van der Waals surface area contributed by atoms with Crippen LogP contribution in [0.4, 0.5) is 0 Å². The van der Waals surface area contributed by atoms with Crippen LogP contribution in [0.1, 0.15) is 30.6 Å². The molecule has 2 aliphatic carbocycles. The van der Waals surface area contributed by atoms with Crippen LogP contribution in [-0.2, 0) is 16.6 Å². The van der Waals surface area contributed by atoms with E-state index in [-0.39, 0.29) is 6.04 Å². The molecule has 0 spiro atoms. The van der Waals surface area contributed by atoms with Gasteiger partial charge in [0.05, 0.1) is 4.90 Å². The highest BCUT2D eigenvalue weighted by molar-refractivity contribution is 7.89. The summed E-state index contributed by atoms with van der Waals surface area (Å²) in [6, 6.07) is 2.69. The van der Waals surface area contributed by atoms with E-state index in [1.165, 1.54) is 28.5 Å². The molecule has 100 valence electrons. The van der Waals surface area contributed by atoms with Crippen LogP contribution < -0.4 is 5.32 Å². The normalized spacial score (nSPS) is 20.6. The first kappa shape index (κ1) is 12.6. The molecule has 18 heavy (non-hydrogen) atoms. The number of hydrogen-bond acceptors (Lipinski definition) is 4. The van der Waals surface area contributed by atoms with Crippen LogP contribution in [-0.4, -0.2) is 31.9 Å². The number of hydrogen-bond donors (Lipinski definition) is 1. The van der Waals surface area contributed by atoms with Crippen molar-refractivity contribution < 1.29 is 8.42 Å². The monoisotopic (exact) mass is 286 g/mol. The van der Waals surface area contributed by atoms with E-state index in [1.54, 1.807) is 12.4 Å². The molecule has 2 saturated carbocycles. The van der Waals surface area contributed by atoms with Crippen LogP contribution in [0, 0.1) is 0 Å². The molecule has 0 aromatic carbocycles. The Balaban J connectivity index is 1.70. The molecule has 6 heteroatoms. The summed E-state index contributed by atoms with van der Waals surface area (Å²) >= 11 is 1.53. The molecule has 1 aromatic heterocycles. The highest BCUT2D eigenvalue weighted by Gasteiger charge is 2.35. The van der Waals surface area contributed by atoms with Gasteiger partial charge in [0.25, 0.3) is 0 Å². The Hall–Kier alpha value is -0.430. The number of sulfonamides is 1. The molecule has 4 nitrogen and oxygen atoms in total. The van der Waals surface area contributed by atoms with E-state index >= 15 is 0 Å². The van der Waals surface area contributed by atoms with Gasteiger partial charge < -0.3 is 5.32 Å². The lowest BCUT2D eigenvalue weighted by Crippen LogP contribution is -2.28. The number of rotatable bonds is 6. The minimum Gasteiger partial charge on any atom is -0.309 e. The van der Waals surface area contributed by atoms with E-state index in [0.29, 0.717) is 10.9 Å². The Kier molecular flexibility index (Phi) is 3.21. The topological polar surface area (TPSA) is 49.4 Å². The van der Waals surface area contributed by atoms with E-state index in [1.807, 2.05) is 6.07 Å². The standard InChI is InChI=1S/C12H18N2O2S2/c1-14(10-4-5-10)18(15,16)12-6-11(17-8-12)7-13-9-2-3-9/h6,8-10,13H,2-5,7H2,1H3. The average Bonchev–Trinajstić information content (AvgIpc) is 3.25. The van der Waals surface area contributed by atoms with Gasteiger partial charge in [0, 0.05) is 35.9 Å². The largest absolute Gasteiger partial charge is 0.309 e. The first-order chi connectivity index (χ1) is 8.57. The van der Waals surface area contributed by atoms with Gasteiger partial charge in [0.15, 0.2) is 0 Å². The van der Waals surface area contributed by atoms with Crippen LogP contribution in [0.25, 0.3) is 0 Å². The summed E-state index contributed by atoms with van der Waals surface area (Å²) in [5.41, 5.74) is 0. The predicted octanol–water partition coefficient (Wildman–Crippen LogP) is 1.78. The Labute approximate surface area is 112 Å². The highest BCUT2D eigenvalue weighted by atomic mass is 32.2. The fraction of sp³-hybridized carbons (Fsp3) is 0.667. The van der Waals surface area contributed by atoms with E-state index in [9.17, 15) is 8.42 Å². The van der Waals surface area contributed by atoms with Crippen molar-refractivity contribution in [3.05, 3.63) is 16.3 Å². The molecule has 2 aliphatic rings. The third-order valence-electron chi connectivity index (χ3n) is 3.51. The second-order valence-corrected chi connectivity index (χ2v) is 8.15. The molecule has 0 amide bonds. The minimum atomic E-state index is -3.26. The van der Waals surface area contributed by atoms with Gasteiger partial charge in [-0.1, -0.05) is 0 Å². The fourth-order valence-electron chi connectivity index (χ4n) is 1.92. The summed E-state index contributed by atoms with van der Waals surface area (Å²) in [7, 11) is -1.57. The van der Waals surface area contributed by atoms with Gasteiger partial charge in [-0.3, -0.25) is 0 Å². The molecule has 3 rings (SSSR count). The maximum Gasteiger partial charge on any atom is 0.243 e. The first-order valence-corrected chi connectivity index (χ1v) is 8.68. The van der Waals surface area contributed by atoms with Gasteiger partial charge in [-0.15, -0.1) is 11.3 Å². The predicted molar refractivity (Wildman–Crippen MR) is 72.2 cm³/mol. The molecule has 0 unspecified atom stereocenters. The first-order valence-electron chi connectivity index (χ1n) is 6.36. The van der Waals surface area contributed by atoms with E-state index < -0.39 is 10.0 Å². The van der Waals surface area contributed by atoms with Crippen molar-refractivity contribution in [2.45, 2.75) is 49.2 Å². The van der Waals surface area contributed by atoms with Crippen molar-refractivity contribution in [2.75, 3.05) is 7.05 Å². The maximum absolute atomic E-state index is 12.3. The zero-order valence-electron chi connectivity index (χ0n) is 10.4. The molecule has 2 fully saturated rings. The van der Waals surface area contributed by atoms with Crippen LogP contribution in [0.2, 0.25) is 0 Å². The number of thiophene rings is 1. The van der Waals surface area contributed by atoms with Crippen LogP contribution in [0.5, 0.6) is 0 Å². The molecule has 1 aromatic rings. The molecule has 0 saturated heterocycles. The summed E-state index contributed by atoms with van der Waals surface area (Å²) in [5, 5.41) is 5.17. The molecule has 0 aliphatic heterocycles. The summed E-state index contributed by atoms with van der Waals surface area (Å²) in [4.78, 5) is 1.55. The van der Waals surface area contributed by atoms with Gasteiger partial charge in [-0.05, 0) is 31.7 Å². The maximum atomic E-state index is 12.3. The van der Waals surface area contributed by atoms with Gasteiger partial charge in [0.2, 0.25) is 10.0 Å². The molecule has 1 N–H and O–H groups in total. The Morgan fingerprint density at radius 3 is 2.72 bits per heavy atom. The van der Waals surface area contributed by atoms with Gasteiger partial charge in [-0.25, -0.2) is 8.42 Å². The molecule has 0 bridgehead atoms. The Bertz CT molecular complexity index is 530. The van der Waals surface area contributed by atoms with Crippen molar-refractivity contribution in [1.29, 1.82) is 0 Å². The van der Waals surface area contributed by atoms with Crippen LogP contribution in [0.3, 0.4) is 0 Å². The lowest BCUT2D eigenvalue weighted by Gasteiger charge is -2.14. The van der Waals surface area contributed by atoms with Crippen molar-refractivity contribution in [2.24, 2.45) is 0 Å². The second kappa shape index (κ2) is 4.59. The van der Waals surface area contributed by atoms with Gasteiger partial charge in [-0.2, -0.15) is 4.31 Å². The van der Waals surface area contributed by atoms with Gasteiger partial charge >= 0.3 is 0 Å². The summed E-state index contributed by atoms with van der Waals surface area (Å²) in [5.74, 6) is 0.